The van der Waals surface area contributed by atoms with E-state index in [0.29, 0.717) is 12.1 Å². The molecule has 2 bridgehead atoms. The van der Waals surface area contributed by atoms with Crippen molar-refractivity contribution in [3.05, 3.63) is 83.2 Å². The first-order valence-corrected chi connectivity index (χ1v) is 9.01. The van der Waals surface area contributed by atoms with Gasteiger partial charge in [-0.15, -0.1) is 0 Å². The van der Waals surface area contributed by atoms with Crippen LogP contribution in [0.2, 0.25) is 0 Å². The minimum Gasteiger partial charge on any atom is -0.289 e. The van der Waals surface area contributed by atoms with Gasteiger partial charge in [0, 0.05) is 18.6 Å². The van der Waals surface area contributed by atoms with E-state index in [9.17, 15) is 4.39 Å². The molecule has 0 aromatic heterocycles. The number of aryl methyl sites for hydroxylation is 1. The molecule has 2 heterocycles. The van der Waals surface area contributed by atoms with E-state index in [0.717, 1.165) is 24.9 Å². The lowest BCUT2D eigenvalue weighted by Crippen LogP contribution is -2.38. The lowest BCUT2D eigenvalue weighted by molar-refractivity contribution is 0.194. The van der Waals surface area contributed by atoms with E-state index in [4.69, 9.17) is 0 Å². The van der Waals surface area contributed by atoms with Crippen LogP contribution in [0.5, 0.6) is 0 Å². The number of fused-ring (bicyclic) bond motifs is 2. The van der Waals surface area contributed by atoms with Crippen LogP contribution in [0.25, 0.3) is 0 Å². The van der Waals surface area contributed by atoms with Gasteiger partial charge in [-0.3, -0.25) is 4.90 Å². The molecular weight excluding hydrogens is 297 g/mol. The predicted molar refractivity (Wildman–Crippen MR) is 96.2 cm³/mol. The molecule has 2 aliphatic heterocycles. The van der Waals surface area contributed by atoms with Gasteiger partial charge in [0.05, 0.1) is 0 Å². The zero-order valence-electron chi connectivity index (χ0n) is 14.0. The van der Waals surface area contributed by atoms with E-state index >= 15 is 0 Å². The standard InChI is InChI=1S/C22H24FN/c23-20-8-4-7-17(13-20)9-10-19-14-21-11-12-22(15-19)24(21)16-18-5-2-1-3-6-18/h1-8,13-14,21-22H,9-12,15-16H2. The highest BCUT2D eigenvalue weighted by Crippen LogP contribution is 2.37. The second-order valence-electron chi connectivity index (χ2n) is 7.12. The zero-order valence-corrected chi connectivity index (χ0v) is 14.0. The summed E-state index contributed by atoms with van der Waals surface area (Å²) in [5, 5.41) is 0. The highest BCUT2D eigenvalue weighted by atomic mass is 19.1. The number of hydrogen-bond acceptors (Lipinski definition) is 1. The SMILES string of the molecule is Fc1cccc(CCC2=CC3CCC(C2)N3Cc2ccccc2)c1. The number of benzene rings is 2. The Morgan fingerprint density at radius 3 is 2.54 bits per heavy atom. The molecule has 0 amide bonds. The molecule has 0 radical (unpaired) electrons. The lowest BCUT2D eigenvalue weighted by atomic mass is 9.95. The molecular formula is C22H24FN. The van der Waals surface area contributed by atoms with Crippen LogP contribution in [0, 0.1) is 5.82 Å². The third-order valence-corrected chi connectivity index (χ3v) is 5.45. The number of rotatable bonds is 5. The number of nitrogens with zero attached hydrogens (tertiary/aromatic N) is 1. The van der Waals surface area contributed by atoms with Crippen molar-refractivity contribution < 1.29 is 4.39 Å². The van der Waals surface area contributed by atoms with E-state index in [1.165, 1.54) is 30.9 Å². The molecule has 24 heavy (non-hydrogen) atoms. The van der Waals surface area contributed by atoms with Crippen molar-refractivity contribution in [2.45, 2.75) is 50.7 Å². The van der Waals surface area contributed by atoms with Gasteiger partial charge in [0.2, 0.25) is 0 Å². The molecule has 2 aliphatic rings. The summed E-state index contributed by atoms with van der Waals surface area (Å²) in [5.74, 6) is -0.126. The molecule has 0 saturated carbocycles. The van der Waals surface area contributed by atoms with Crippen LogP contribution >= 0.6 is 0 Å². The van der Waals surface area contributed by atoms with Crippen LogP contribution in [0.15, 0.2) is 66.2 Å². The average molecular weight is 321 g/mol. The van der Waals surface area contributed by atoms with Crippen LogP contribution in [0.4, 0.5) is 4.39 Å². The largest absolute Gasteiger partial charge is 0.289 e. The molecule has 2 aromatic rings. The van der Waals surface area contributed by atoms with Gasteiger partial charge in [0.25, 0.3) is 0 Å². The van der Waals surface area contributed by atoms with Crippen LogP contribution < -0.4 is 0 Å². The van der Waals surface area contributed by atoms with Crippen LogP contribution in [-0.2, 0) is 13.0 Å². The fourth-order valence-electron chi connectivity index (χ4n) is 4.23. The Morgan fingerprint density at radius 1 is 0.917 bits per heavy atom. The summed E-state index contributed by atoms with van der Waals surface area (Å²) in [5.41, 5.74) is 4.08. The highest BCUT2D eigenvalue weighted by molar-refractivity contribution is 5.23. The summed E-state index contributed by atoms with van der Waals surface area (Å²) in [6.07, 6.45) is 8.26. The van der Waals surface area contributed by atoms with Crippen LogP contribution in [-0.4, -0.2) is 17.0 Å². The topological polar surface area (TPSA) is 3.24 Å². The van der Waals surface area contributed by atoms with Crippen molar-refractivity contribution in [1.29, 1.82) is 0 Å². The average Bonchev–Trinajstić information content (AvgIpc) is 2.83. The number of hydrogen-bond donors (Lipinski definition) is 0. The minimum absolute atomic E-state index is 0.126. The smallest absolute Gasteiger partial charge is 0.123 e. The summed E-state index contributed by atoms with van der Waals surface area (Å²) in [4.78, 5) is 2.67. The molecule has 4 rings (SSSR count). The fourth-order valence-corrected chi connectivity index (χ4v) is 4.23. The molecule has 0 aliphatic carbocycles. The molecule has 1 fully saturated rings. The third-order valence-electron chi connectivity index (χ3n) is 5.45. The van der Waals surface area contributed by atoms with Gasteiger partial charge in [0.1, 0.15) is 5.82 Å². The summed E-state index contributed by atoms with van der Waals surface area (Å²) >= 11 is 0. The maximum atomic E-state index is 13.3. The van der Waals surface area contributed by atoms with Gasteiger partial charge in [-0.2, -0.15) is 0 Å². The molecule has 2 atom stereocenters. The third kappa shape index (κ3) is 3.44. The Morgan fingerprint density at radius 2 is 1.75 bits per heavy atom. The lowest BCUT2D eigenvalue weighted by Gasteiger charge is -2.34. The van der Waals surface area contributed by atoms with Gasteiger partial charge in [0.15, 0.2) is 0 Å². The highest BCUT2D eigenvalue weighted by Gasteiger charge is 2.35. The summed E-state index contributed by atoms with van der Waals surface area (Å²) in [6, 6.07) is 19.1. The van der Waals surface area contributed by atoms with E-state index in [1.807, 2.05) is 12.1 Å². The normalized spacial score (nSPS) is 23.3. The van der Waals surface area contributed by atoms with Crippen molar-refractivity contribution in [3.8, 4) is 0 Å². The van der Waals surface area contributed by atoms with E-state index < -0.39 is 0 Å². The Balaban J connectivity index is 1.40. The first-order chi connectivity index (χ1) is 11.8. The molecule has 1 nitrogen and oxygen atoms in total. The van der Waals surface area contributed by atoms with Crippen molar-refractivity contribution in [2.24, 2.45) is 0 Å². The van der Waals surface area contributed by atoms with Gasteiger partial charge >= 0.3 is 0 Å². The van der Waals surface area contributed by atoms with Gasteiger partial charge < -0.3 is 0 Å². The van der Waals surface area contributed by atoms with E-state index in [2.05, 4.69) is 41.3 Å². The molecule has 2 heteroatoms. The maximum Gasteiger partial charge on any atom is 0.123 e. The summed E-state index contributed by atoms with van der Waals surface area (Å²) in [7, 11) is 0. The van der Waals surface area contributed by atoms with Crippen LogP contribution in [0.3, 0.4) is 0 Å². The van der Waals surface area contributed by atoms with Crippen molar-refractivity contribution >= 4 is 0 Å². The Hall–Kier alpha value is -1.93. The first kappa shape index (κ1) is 15.6. The summed E-state index contributed by atoms with van der Waals surface area (Å²) in [6.45, 7) is 1.06. The second-order valence-corrected chi connectivity index (χ2v) is 7.12. The van der Waals surface area contributed by atoms with Gasteiger partial charge in [-0.05, 0) is 55.4 Å². The van der Waals surface area contributed by atoms with Gasteiger partial charge in [-0.1, -0.05) is 54.1 Å². The van der Waals surface area contributed by atoms with Crippen molar-refractivity contribution in [1.82, 2.24) is 4.90 Å². The molecule has 2 unspecified atom stereocenters. The van der Waals surface area contributed by atoms with Crippen molar-refractivity contribution in [3.63, 3.8) is 0 Å². The number of halogens is 1. The zero-order chi connectivity index (χ0) is 16.4. The molecule has 0 N–H and O–H groups in total. The van der Waals surface area contributed by atoms with Crippen molar-refractivity contribution in [2.75, 3.05) is 0 Å². The molecule has 2 aromatic carbocycles. The monoisotopic (exact) mass is 321 g/mol. The molecule has 0 spiro atoms. The van der Waals surface area contributed by atoms with Crippen LogP contribution in [0.1, 0.15) is 36.8 Å². The van der Waals surface area contributed by atoms with E-state index in [-0.39, 0.29) is 5.82 Å². The Kier molecular flexibility index (Phi) is 4.48. The first-order valence-electron chi connectivity index (χ1n) is 9.01. The van der Waals surface area contributed by atoms with E-state index in [1.54, 1.807) is 11.6 Å². The Labute approximate surface area is 143 Å². The fraction of sp³-hybridized carbons (Fsp3) is 0.364. The molecule has 1 saturated heterocycles. The molecule has 124 valence electrons. The quantitative estimate of drug-likeness (QED) is 0.691. The predicted octanol–water partition coefficient (Wildman–Crippen LogP) is 5.12. The Bertz CT molecular complexity index is 722. The second kappa shape index (κ2) is 6.90. The maximum absolute atomic E-state index is 13.3. The van der Waals surface area contributed by atoms with Gasteiger partial charge in [-0.25, -0.2) is 4.39 Å². The minimum atomic E-state index is -0.126. The summed E-state index contributed by atoms with van der Waals surface area (Å²) < 4.78 is 13.3.